The van der Waals surface area contributed by atoms with Crippen molar-refractivity contribution in [3.63, 3.8) is 0 Å². The van der Waals surface area contributed by atoms with E-state index in [9.17, 15) is 19.7 Å². The average molecular weight is 357 g/mol. The lowest BCUT2D eigenvalue weighted by atomic mass is 10.2. The number of rotatable bonds is 4. The molecule has 0 fully saturated rings. The lowest BCUT2D eigenvalue weighted by Crippen LogP contribution is -2.24. The molecule has 0 saturated heterocycles. The van der Waals surface area contributed by atoms with Crippen molar-refractivity contribution in [2.75, 3.05) is 7.11 Å². The Labute approximate surface area is 140 Å². The molecule has 0 spiro atoms. The number of nitrogens with zero attached hydrogens (tertiary/aromatic N) is 2. The predicted octanol–water partition coefficient (Wildman–Crippen LogP) is 2.90. The Kier molecular flexibility index (Phi) is 5.02. The lowest BCUT2D eigenvalue weighted by molar-refractivity contribution is -0.386. The third kappa shape index (κ3) is 3.69. The van der Waals surface area contributed by atoms with Crippen molar-refractivity contribution in [1.29, 1.82) is 0 Å². The first-order valence-electron chi connectivity index (χ1n) is 6.24. The summed E-state index contributed by atoms with van der Waals surface area (Å²) in [5, 5.41) is 11.7. The predicted molar refractivity (Wildman–Crippen MR) is 84.3 cm³/mol. The Morgan fingerprint density at radius 3 is 2.61 bits per heavy atom. The van der Waals surface area contributed by atoms with E-state index in [1.807, 2.05) is 0 Å². The van der Waals surface area contributed by atoms with Gasteiger partial charge in [0.2, 0.25) is 0 Å². The van der Waals surface area contributed by atoms with Gasteiger partial charge >= 0.3 is 17.2 Å². The molecular weight excluding hydrogens is 347 g/mol. The second kappa shape index (κ2) is 6.80. The summed E-state index contributed by atoms with van der Waals surface area (Å²) in [5.41, 5.74) is -1.16. The molecule has 0 bridgehead atoms. The van der Waals surface area contributed by atoms with E-state index in [-0.39, 0.29) is 12.1 Å². The zero-order valence-electron chi connectivity index (χ0n) is 11.8. The summed E-state index contributed by atoms with van der Waals surface area (Å²) in [7, 11) is 1.14. The highest BCUT2D eigenvalue weighted by atomic mass is 35.5. The van der Waals surface area contributed by atoms with E-state index in [2.05, 4.69) is 4.74 Å². The maximum absolute atomic E-state index is 12.2. The molecule has 9 heteroatoms. The van der Waals surface area contributed by atoms with Crippen LogP contribution in [0.1, 0.15) is 15.9 Å². The number of esters is 1. The van der Waals surface area contributed by atoms with E-state index < -0.39 is 22.1 Å². The van der Waals surface area contributed by atoms with Gasteiger partial charge in [-0.25, -0.2) is 4.79 Å². The number of carbonyl (C=O) groups excluding carboxylic acids is 1. The molecule has 0 atom stereocenters. The van der Waals surface area contributed by atoms with Crippen LogP contribution in [0.25, 0.3) is 0 Å². The molecule has 0 radical (unpaired) electrons. The van der Waals surface area contributed by atoms with E-state index in [1.54, 1.807) is 12.1 Å². The molecule has 0 N–H and O–H groups in total. The van der Waals surface area contributed by atoms with Crippen LogP contribution in [0.2, 0.25) is 10.0 Å². The molecule has 2 aromatic rings. The van der Waals surface area contributed by atoms with Gasteiger partial charge in [0.1, 0.15) is 0 Å². The quantitative estimate of drug-likeness (QED) is 0.477. The number of halogens is 2. The molecule has 0 aliphatic heterocycles. The highest BCUT2D eigenvalue weighted by molar-refractivity contribution is 6.35. The third-order valence-electron chi connectivity index (χ3n) is 3.04. The first-order chi connectivity index (χ1) is 10.8. The molecular formula is C14H10Cl2N2O5. The molecule has 1 aromatic carbocycles. The van der Waals surface area contributed by atoms with Crippen molar-refractivity contribution >= 4 is 34.9 Å². The van der Waals surface area contributed by atoms with Crippen LogP contribution >= 0.6 is 23.2 Å². The maximum Gasteiger partial charge on any atom is 0.339 e. The van der Waals surface area contributed by atoms with Gasteiger partial charge in [0.25, 0.3) is 0 Å². The summed E-state index contributed by atoms with van der Waals surface area (Å²) in [4.78, 5) is 33.9. The Morgan fingerprint density at radius 2 is 2.04 bits per heavy atom. The summed E-state index contributed by atoms with van der Waals surface area (Å²) in [6.45, 7) is -0.0550. The topological polar surface area (TPSA) is 91.4 Å². The van der Waals surface area contributed by atoms with Gasteiger partial charge in [-0.05, 0) is 17.7 Å². The molecule has 1 aromatic heterocycles. The minimum absolute atomic E-state index is 0.0550. The number of carbonyl (C=O) groups is 1. The molecule has 23 heavy (non-hydrogen) atoms. The van der Waals surface area contributed by atoms with Gasteiger partial charge in [0.15, 0.2) is 0 Å². The Bertz CT molecular complexity index is 848. The standard InChI is InChI=1S/C14H10Cl2N2O5/c1-23-14(20)9-4-12(18(21)22)13(19)17(7-9)6-8-2-3-10(15)5-11(8)16/h2-5,7H,6H2,1H3. The maximum atomic E-state index is 12.2. The van der Waals surface area contributed by atoms with E-state index in [0.29, 0.717) is 15.6 Å². The van der Waals surface area contributed by atoms with E-state index in [1.165, 1.54) is 12.3 Å². The fourth-order valence-corrected chi connectivity index (χ4v) is 2.40. The fourth-order valence-electron chi connectivity index (χ4n) is 1.93. The second-order valence-electron chi connectivity index (χ2n) is 4.53. The number of pyridine rings is 1. The number of hydrogen-bond donors (Lipinski definition) is 0. The average Bonchev–Trinajstić information content (AvgIpc) is 2.50. The zero-order chi connectivity index (χ0) is 17.1. The van der Waals surface area contributed by atoms with Gasteiger partial charge in [-0.3, -0.25) is 14.9 Å². The molecule has 7 nitrogen and oxygen atoms in total. The summed E-state index contributed by atoms with van der Waals surface area (Å²) in [6, 6.07) is 5.54. The van der Waals surface area contributed by atoms with E-state index in [0.717, 1.165) is 17.7 Å². The van der Waals surface area contributed by atoms with E-state index >= 15 is 0 Å². The number of nitro groups is 1. The molecule has 1 heterocycles. The van der Waals surface area contributed by atoms with Crippen LogP contribution in [-0.4, -0.2) is 22.6 Å². The summed E-state index contributed by atoms with van der Waals surface area (Å²) in [6.07, 6.45) is 1.19. The Balaban J connectivity index is 2.56. The summed E-state index contributed by atoms with van der Waals surface area (Å²) < 4.78 is 5.56. The summed E-state index contributed by atoms with van der Waals surface area (Å²) >= 11 is 11.8. The molecule has 0 aliphatic rings. The fraction of sp³-hybridized carbons (Fsp3) is 0.143. The molecule has 0 saturated carbocycles. The largest absolute Gasteiger partial charge is 0.465 e. The SMILES string of the molecule is COC(=O)c1cc([N+](=O)[O-])c(=O)n(Cc2ccc(Cl)cc2Cl)c1. The van der Waals surface area contributed by atoms with Gasteiger partial charge in [-0.1, -0.05) is 29.3 Å². The second-order valence-corrected chi connectivity index (χ2v) is 5.38. The number of benzene rings is 1. The van der Waals surface area contributed by atoms with Crippen molar-refractivity contribution in [1.82, 2.24) is 4.57 Å². The normalized spacial score (nSPS) is 10.4. The Hall–Kier alpha value is -2.38. The smallest absolute Gasteiger partial charge is 0.339 e. The molecule has 0 aliphatic carbocycles. The number of ether oxygens (including phenoxy) is 1. The van der Waals surface area contributed by atoms with Crippen molar-refractivity contribution in [3.8, 4) is 0 Å². The Morgan fingerprint density at radius 1 is 1.35 bits per heavy atom. The van der Waals surface area contributed by atoms with Crippen LogP contribution in [0.3, 0.4) is 0 Å². The van der Waals surface area contributed by atoms with Crippen LogP contribution in [-0.2, 0) is 11.3 Å². The zero-order valence-corrected chi connectivity index (χ0v) is 13.3. The number of hydrogen-bond acceptors (Lipinski definition) is 5. The number of aromatic nitrogens is 1. The van der Waals surface area contributed by atoms with Crippen molar-refractivity contribution in [2.45, 2.75) is 6.54 Å². The van der Waals surface area contributed by atoms with Crippen LogP contribution in [0.5, 0.6) is 0 Å². The lowest BCUT2D eigenvalue weighted by Gasteiger charge is -2.09. The van der Waals surface area contributed by atoms with Crippen molar-refractivity contribution in [2.24, 2.45) is 0 Å². The third-order valence-corrected chi connectivity index (χ3v) is 3.63. The van der Waals surface area contributed by atoms with Crippen molar-refractivity contribution < 1.29 is 14.5 Å². The van der Waals surface area contributed by atoms with Gasteiger partial charge in [-0.15, -0.1) is 0 Å². The van der Waals surface area contributed by atoms with Crippen LogP contribution < -0.4 is 5.56 Å². The summed E-state index contributed by atoms with van der Waals surface area (Å²) in [5.74, 6) is -0.788. The highest BCUT2D eigenvalue weighted by Gasteiger charge is 2.20. The minimum atomic E-state index is -0.853. The number of methoxy groups -OCH3 is 1. The minimum Gasteiger partial charge on any atom is -0.465 e. The monoisotopic (exact) mass is 356 g/mol. The molecule has 120 valence electrons. The van der Waals surface area contributed by atoms with Gasteiger partial charge in [0, 0.05) is 22.3 Å². The first kappa shape index (κ1) is 17.0. The van der Waals surface area contributed by atoms with Crippen LogP contribution in [0.15, 0.2) is 35.3 Å². The van der Waals surface area contributed by atoms with Crippen LogP contribution in [0.4, 0.5) is 5.69 Å². The molecule has 0 unspecified atom stereocenters. The highest BCUT2D eigenvalue weighted by Crippen LogP contribution is 2.22. The van der Waals surface area contributed by atoms with Crippen LogP contribution in [0, 0.1) is 10.1 Å². The van der Waals surface area contributed by atoms with Crippen molar-refractivity contribution in [3.05, 3.63) is 72.1 Å². The molecule has 0 amide bonds. The first-order valence-corrected chi connectivity index (χ1v) is 7.00. The van der Waals surface area contributed by atoms with E-state index in [4.69, 9.17) is 23.2 Å². The van der Waals surface area contributed by atoms with Gasteiger partial charge in [0.05, 0.1) is 24.1 Å². The van der Waals surface area contributed by atoms with Gasteiger partial charge in [-0.2, -0.15) is 0 Å². The molecule has 2 rings (SSSR count). The van der Waals surface area contributed by atoms with Gasteiger partial charge < -0.3 is 9.30 Å².